The summed E-state index contributed by atoms with van der Waals surface area (Å²) in [7, 11) is 1.41. The largest absolute Gasteiger partial charge is 0.494 e. The van der Waals surface area contributed by atoms with E-state index in [1.165, 1.54) is 13.2 Å². The van der Waals surface area contributed by atoms with Crippen LogP contribution in [0.5, 0.6) is 5.75 Å². The summed E-state index contributed by atoms with van der Waals surface area (Å²) in [4.78, 5) is 18.0. The summed E-state index contributed by atoms with van der Waals surface area (Å²) in [5.74, 6) is -0.364. The third kappa shape index (κ3) is 4.04. The molecule has 1 heterocycles. The number of nitrogens with zero attached hydrogens (tertiary/aromatic N) is 1. The molecule has 0 bridgehead atoms. The van der Waals surface area contributed by atoms with Crippen LogP contribution in [0.25, 0.3) is 0 Å². The first kappa shape index (κ1) is 18.8. The number of hydrogen-bond acceptors (Lipinski definition) is 5. The highest BCUT2D eigenvalue weighted by atomic mass is 32.1. The van der Waals surface area contributed by atoms with Crippen LogP contribution >= 0.6 is 11.3 Å². The molecule has 1 saturated carbocycles. The van der Waals surface area contributed by atoms with Gasteiger partial charge in [0.05, 0.1) is 36.4 Å². The highest BCUT2D eigenvalue weighted by molar-refractivity contribution is 7.11. The number of nitrogens with one attached hydrogen (secondary N) is 1. The van der Waals surface area contributed by atoms with Gasteiger partial charge in [-0.1, -0.05) is 6.07 Å². The van der Waals surface area contributed by atoms with Crippen LogP contribution in [0.3, 0.4) is 0 Å². The molecule has 0 radical (unpaired) electrons. The Morgan fingerprint density at radius 1 is 1.46 bits per heavy atom. The van der Waals surface area contributed by atoms with Crippen molar-refractivity contribution in [3.63, 3.8) is 0 Å². The Hall–Kier alpha value is -1.99. The second kappa shape index (κ2) is 7.72. The third-order valence-electron chi connectivity index (χ3n) is 4.80. The quantitative estimate of drug-likeness (QED) is 0.810. The zero-order chi connectivity index (χ0) is 18.8. The van der Waals surface area contributed by atoms with Crippen molar-refractivity contribution >= 4 is 17.2 Å². The summed E-state index contributed by atoms with van der Waals surface area (Å²) in [5, 5.41) is 13.6. The Bertz CT molecular complexity index is 802. The molecule has 0 aliphatic heterocycles. The standard InChI is InChI=1S/C19H23FN2O3S/c1-10-16(21-11(2)26-10)9-18(24)22-19(13-6-14(23)7-13)12-4-5-17(25-3)15(20)8-12/h4-5,8,13-14,19,23H,6-7,9H2,1-3H3,(H,22,24)/t13?,14?,19-/m1/s1. The first-order valence-corrected chi connectivity index (χ1v) is 9.42. The second-order valence-electron chi connectivity index (χ2n) is 6.74. The summed E-state index contributed by atoms with van der Waals surface area (Å²) in [6.07, 6.45) is 1.02. The van der Waals surface area contributed by atoms with Crippen molar-refractivity contribution in [2.75, 3.05) is 7.11 Å². The van der Waals surface area contributed by atoms with Gasteiger partial charge in [-0.05, 0) is 50.3 Å². The Morgan fingerprint density at radius 3 is 2.73 bits per heavy atom. The number of thiazole rings is 1. The molecule has 3 rings (SSSR count). The zero-order valence-electron chi connectivity index (χ0n) is 15.1. The Kier molecular flexibility index (Phi) is 5.58. The van der Waals surface area contributed by atoms with Crippen LogP contribution in [0.15, 0.2) is 18.2 Å². The van der Waals surface area contributed by atoms with Crippen molar-refractivity contribution in [2.45, 2.75) is 45.3 Å². The van der Waals surface area contributed by atoms with Crippen LogP contribution in [-0.4, -0.2) is 29.2 Å². The van der Waals surface area contributed by atoms with Gasteiger partial charge in [-0.3, -0.25) is 4.79 Å². The van der Waals surface area contributed by atoms with E-state index in [4.69, 9.17) is 4.74 Å². The average molecular weight is 378 g/mol. The van der Waals surface area contributed by atoms with Gasteiger partial charge >= 0.3 is 0 Å². The van der Waals surface area contributed by atoms with Crippen LogP contribution in [-0.2, 0) is 11.2 Å². The van der Waals surface area contributed by atoms with Crippen molar-refractivity contribution in [1.82, 2.24) is 10.3 Å². The van der Waals surface area contributed by atoms with Gasteiger partial charge in [0.25, 0.3) is 0 Å². The van der Waals surface area contributed by atoms with E-state index in [1.807, 2.05) is 13.8 Å². The van der Waals surface area contributed by atoms with Crippen LogP contribution in [0, 0.1) is 25.6 Å². The highest BCUT2D eigenvalue weighted by Crippen LogP contribution is 2.39. The van der Waals surface area contributed by atoms with Gasteiger partial charge in [0.15, 0.2) is 11.6 Å². The Balaban J connectivity index is 1.77. The fourth-order valence-corrected chi connectivity index (χ4v) is 4.20. The molecule has 2 N–H and O–H groups in total. The van der Waals surface area contributed by atoms with Crippen molar-refractivity contribution in [1.29, 1.82) is 0 Å². The molecule has 0 saturated heterocycles. The lowest BCUT2D eigenvalue weighted by atomic mass is 9.75. The number of aliphatic hydroxyl groups excluding tert-OH is 1. The number of aromatic nitrogens is 1. The lowest BCUT2D eigenvalue weighted by molar-refractivity contribution is -0.122. The fraction of sp³-hybridized carbons (Fsp3) is 0.474. The number of carbonyl (C=O) groups excluding carboxylic acids is 1. The maximum atomic E-state index is 14.1. The van der Waals surface area contributed by atoms with E-state index in [9.17, 15) is 14.3 Å². The van der Waals surface area contributed by atoms with Gasteiger partial charge in [-0.15, -0.1) is 11.3 Å². The molecule has 7 heteroatoms. The monoisotopic (exact) mass is 378 g/mol. The number of hydrogen-bond donors (Lipinski definition) is 2. The number of methoxy groups -OCH3 is 1. The minimum absolute atomic E-state index is 0.0833. The van der Waals surface area contributed by atoms with E-state index < -0.39 is 5.82 Å². The number of carbonyl (C=O) groups is 1. The van der Waals surface area contributed by atoms with E-state index >= 15 is 0 Å². The number of halogens is 1. The number of benzene rings is 1. The molecule has 1 amide bonds. The predicted octanol–water partition coefficient (Wildman–Crippen LogP) is 3.08. The third-order valence-corrected chi connectivity index (χ3v) is 5.73. The van der Waals surface area contributed by atoms with Gasteiger partial charge in [0.2, 0.25) is 5.91 Å². The van der Waals surface area contributed by atoms with E-state index in [0.29, 0.717) is 18.4 Å². The molecule has 2 aromatic rings. The van der Waals surface area contributed by atoms with E-state index in [0.717, 1.165) is 15.6 Å². The molecule has 1 aromatic heterocycles. The van der Waals surface area contributed by atoms with Crippen LogP contribution in [0.2, 0.25) is 0 Å². The summed E-state index contributed by atoms with van der Waals surface area (Å²) >= 11 is 1.57. The predicted molar refractivity (Wildman–Crippen MR) is 97.9 cm³/mol. The molecule has 1 aliphatic carbocycles. The minimum Gasteiger partial charge on any atom is -0.494 e. The molecule has 1 fully saturated rings. The highest BCUT2D eigenvalue weighted by Gasteiger charge is 2.36. The summed E-state index contributed by atoms with van der Waals surface area (Å²) < 4.78 is 19.1. The van der Waals surface area contributed by atoms with E-state index in [-0.39, 0.29) is 36.1 Å². The van der Waals surface area contributed by atoms with Crippen LogP contribution < -0.4 is 10.1 Å². The van der Waals surface area contributed by atoms with Gasteiger partial charge in [0.1, 0.15) is 0 Å². The first-order chi connectivity index (χ1) is 12.4. The van der Waals surface area contributed by atoms with Crippen molar-refractivity contribution in [2.24, 2.45) is 5.92 Å². The molecule has 0 unspecified atom stereocenters. The van der Waals surface area contributed by atoms with Gasteiger partial charge in [-0.25, -0.2) is 9.37 Å². The fourth-order valence-electron chi connectivity index (χ4n) is 3.36. The van der Waals surface area contributed by atoms with E-state index in [2.05, 4.69) is 10.3 Å². The SMILES string of the molecule is COc1ccc([C@@H](NC(=O)Cc2nc(C)sc2C)C2CC(O)C2)cc1F. The molecule has 0 spiro atoms. The summed E-state index contributed by atoms with van der Waals surface area (Å²) in [5.41, 5.74) is 1.46. The molecule has 1 aliphatic rings. The van der Waals surface area contributed by atoms with Crippen molar-refractivity contribution in [3.8, 4) is 5.75 Å². The lowest BCUT2D eigenvalue weighted by Gasteiger charge is -2.38. The summed E-state index contributed by atoms with van der Waals surface area (Å²) in [6.45, 7) is 3.86. The topological polar surface area (TPSA) is 71.5 Å². The normalized spacial score (nSPS) is 20.3. The lowest BCUT2D eigenvalue weighted by Crippen LogP contribution is -2.42. The van der Waals surface area contributed by atoms with Gasteiger partial charge in [-0.2, -0.15) is 0 Å². The maximum absolute atomic E-state index is 14.1. The van der Waals surface area contributed by atoms with Crippen molar-refractivity contribution in [3.05, 3.63) is 45.2 Å². The average Bonchev–Trinajstić information content (AvgIpc) is 2.87. The first-order valence-electron chi connectivity index (χ1n) is 8.61. The van der Waals surface area contributed by atoms with Gasteiger partial charge in [0, 0.05) is 4.88 Å². The number of ether oxygens (including phenoxy) is 1. The smallest absolute Gasteiger partial charge is 0.226 e. The number of amides is 1. The molecule has 1 aromatic carbocycles. The maximum Gasteiger partial charge on any atom is 0.226 e. The molecular formula is C19H23FN2O3S. The molecular weight excluding hydrogens is 355 g/mol. The molecule has 26 heavy (non-hydrogen) atoms. The Morgan fingerprint density at radius 2 is 2.19 bits per heavy atom. The molecule has 140 valence electrons. The number of aliphatic hydroxyl groups is 1. The second-order valence-corrected chi connectivity index (χ2v) is 8.14. The van der Waals surface area contributed by atoms with Crippen molar-refractivity contribution < 1.29 is 19.0 Å². The molecule has 1 atom stereocenters. The van der Waals surface area contributed by atoms with Crippen LogP contribution in [0.1, 0.15) is 40.0 Å². The number of aryl methyl sites for hydroxylation is 2. The number of rotatable bonds is 6. The Labute approximate surface area is 156 Å². The van der Waals surface area contributed by atoms with Crippen LogP contribution in [0.4, 0.5) is 4.39 Å². The van der Waals surface area contributed by atoms with Gasteiger partial charge < -0.3 is 15.2 Å². The zero-order valence-corrected chi connectivity index (χ0v) is 15.9. The summed E-state index contributed by atoms with van der Waals surface area (Å²) in [6, 6.07) is 4.38. The van der Waals surface area contributed by atoms with E-state index in [1.54, 1.807) is 23.5 Å². The minimum atomic E-state index is -0.463. The molecule has 5 nitrogen and oxygen atoms in total.